The standard InChI is InChI=1S/C13H14ClN3O3S/c14-21(18,19)13-16-15-12(17(13)10-6-7-10)8-9-20-11-4-2-1-3-5-11/h1-5,10H,6-9H2. The van der Waals surface area contributed by atoms with Gasteiger partial charge in [0.15, 0.2) is 0 Å². The van der Waals surface area contributed by atoms with Gasteiger partial charge in [-0.1, -0.05) is 18.2 Å². The van der Waals surface area contributed by atoms with Crippen molar-refractivity contribution in [3.05, 3.63) is 36.2 Å². The average molecular weight is 328 g/mol. The Hall–Kier alpha value is -1.60. The average Bonchev–Trinajstić information content (AvgIpc) is 3.19. The quantitative estimate of drug-likeness (QED) is 0.760. The normalized spacial score (nSPS) is 15.1. The van der Waals surface area contributed by atoms with Gasteiger partial charge in [0.25, 0.3) is 14.2 Å². The van der Waals surface area contributed by atoms with Crippen molar-refractivity contribution < 1.29 is 13.2 Å². The van der Waals surface area contributed by atoms with E-state index in [9.17, 15) is 8.42 Å². The van der Waals surface area contributed by atoms with Gasteiger partial charge in [0.1, 0.15) is 11.6 Å². The lowest BCUT2D eigenvalue weighted by molar-refractivity contribution is 0.316. The second-order valence-corrected chi connectivity index (χ2v) is 7.31. The number of halogens is 1. The molecule has 0 saturated heterocycles. The van der Waals surface area contributed by atoms with Gasteiger partial charge < -0.3 is 4.74 Å². The van der Waals surface area contributed by atoms with Gasteiger partial charge in [-0.25, -0.2) is 8.42 Å². The molecular weight excluding hydrogens is 314 g/mol. The fraction of sp³-hybridized carbons (Fsp3) is 0.385. The van der Waals surface area contributed by atoms with E-state index in [0.717, 1.165) is 18.6 Å². The summed E-state index contributed by atoms with van der Waals surface area (Å²) in [6, 6.07) is 9.55. The zero-order chi connectivity index (χ0) is 14.9. The molecule has 1 saturated carbocycles. The Morgan fingerprint density at radius 3 is 2.57 bits per heavy atom. The maximum absolute atomic E-state index is 11.5. The first-order valence-corrected chi connectivity index (χ1v) is 8.93. The van der Waals surface area contributed by atoms with Crippen LogP contribution in [0.3, 0.4) is 0 Å². The van der Waals surface area contributed by atoms with Crippen molar-refractivity contribution in [2.75, 3.05) is 6.61 Å². The number of nitrogens with zero attached hydrogens (tertiary/aromatic N) is 3. The van der Waals surface area contributed by atoms with Crippen molar-refractivity contribution in [3.8, 4) is 5.75 Å². The Balaban J connectivity index is 1.72. The predicted molar refractivity (Wildman–Crippen MR) is 77.0 cm³/mol. The molecule has 0 aliphatic heterocycles. The van der Waals surface area contributed by atoms with E-state index >= 15 is 0 Å². The molecular formula is C13H14ClN3O3S. The summed E-state index contributed by atoms with van der Waals surface area (Å²) < 4.78 is 30.2. The molecule has 2 aromatic rings. The maximum atomic E-state index is 11.5. The van der Waals surface area contributed by atoms with Crippen molar-refractivity contribution in [2.24, 2.45) is 0 Å². The Morgan fingerprint density at radius 1 is 1.24 bits per heavy atom. The SMILES string of the molecule is O=S(=O)(Cl)c1nnc(CCOc2ccccc2)n1C1CC1. The molecule has 1 aromatic carbocycles. The van der Waals surface area contributed by atoms with Crippen molar-refractivity contribution in [3.63, 3.8) is 0 Å². The fourth-order valence-corrected chi connectivity index (χ4v) is 3.06. The van der Waals surface area contributed by atoms with Crippen LogP contribution in [-0.2, 0) is 15.5 Å². The van der Waals surface area contributed by atoms with Crippen molar-refractivity contribution in [1.29, 1.82) is 0 Å². The Bertz CT molecular complexity index is 726. The molecule has 112 valence electrons. The minimum Gasteiger partial charge on any atom is -0.493 e. The van der Waals surface area contributed by atoms with E-state index in [4.69, 9.17) is 15.4 Å². The first-order valence-electron chi connectivity index (χ1n) is 6.62. The van der Waals surface area contributed by atoms with Gasteiger partial charge in [-0.15, -0.1) is 10.2 Å². The highest BCUT2D eigenvalue weighted by molar-refractivity contribution is 8.13. The highest BCUT2D eigenvalue weighted by atomic mass is 35.7. The van der Waals surface area contributed by atoms with E-state index in [1.165, 1.54) is 0 Å². The second kappa shape index (κ2) is 5.65. The summed E-state index contributed by atoms with van der Waals surface area (Å²) in [6.07, 6.45) is 2.32. The van der Waals surface area contributed by atoms with Crippen LogP contribution in [0.25, 0.3) is 0 Å². The molecule has 0 N–H and O–H groups in total. The third-order valence-electron chi connectivity index (χ3n) is 3.20. The zero-order valence-electron chi connectivity index (χ0n) is 11.1. The summed E-state index contributed by atoms with van der Waals surface area (Å²) in [7, 11) is 1.52. The molecule has 8 heteroatoms. The molecule has 0 unspecified atom stereocenters. The maximum Gasteiger partial charge on any atom is 0.296 e. The lowest BCUT2D eigenvalue weighted by Gasteiger charge is -2.08. The summed E-state index contributed by atoms with van der Waals surface area (Å²) in [6.45, 7) is 0.400. The first kappa shape index (κ1) is 14.3. The molecule has 0 bridgehead atoms. The van der Waals surface area contributed by atoms with E-state index in [-0.39, 0.29) is 11.2 Å². The van der Waals surface area contributed by atoms with Gasteiger partial charge in [-0.3, -0.25) is 4.57 Å². The number of ether oxygens (including phenoxy) is 1. The molecule has 0 amide bonds. The number of aromatic nitrogens is 3. The molecule has 6 nitrogen and oxygen atoms in total. The molecule has 0 spiro atoms. The molecule has 3 rings (SSSR count). The van der Waals surface area contributed by atoms with Crippen LogP contribution >= 0.6 is 10.7 Å². The first-order chi connectivity index (χ1) is 10.1. The van der Waals surface area contributed by atoms with Crippen LogP contribution in [-0.4, -0.2) is 29.8 Å². The van der Waals surface area contributed by atoms with Crippen molar-refractivity contribution in [1.82, 2.24) is 14.8 Å². The van der Waals surface area contributed by atoms with E-state index in [1.54, 1.807) is 4.57 Å². The molecule has 0 atom stereocenters. The Morgan fingerprint density at radius 2 is 1.95 bits per heavy atom. The smallest absolute Gasteiger partial charge is 0.296 e. The van der Waals surface area contributed by atoms with E-state index in [2.05, 4.69) is 10.2 Å². The minimum absolute atomic E-state index is 0.134. The molecule has 1 aliphatic rings. The van der Waals surface area contributed by atoms with Gasteiger partial charge in [-0.2, -0.15) is 0 Å². The third kappa shape index (κ3) is 3.36. The number of rotatable bonds is 6. The highest BCUT2D eigenvalue weighted by Crippen LogP contribution is 2.38. The molecule has 0 radical (unpaired) electrons. The van der Waals surface area contributed by atoms with Gasteiger partial charge >= 0.3 is 0 Å². The van der Waals surface area contributed by atoms with Gasteiger partial charge in [-0.05, 0) is 25.0 Å². The summed E-state index contributed by atoms with van der Waals surface area (Å²) in [5, 5.41) is 7.49. The van der Waals surface area contributed by atoms with Gasteiger partial charge in [0.2, 0.25) is 0 Å². The van der Waals surface area contributed by atoms with Crippen LogP contribution < -0.4 is 4.74 Å². The minimum atomic E-state index is -3.87. The largest absolute Gasteiger partial charge is 0.493 e. The number of hydrogen-bond acceptors (Lipinski definition) is 5. The predicted octanol–water partition coefficient (Wildman–Crippen LogP) is 2.16. The number of para-hydroxylation sites is 1. The molecule has 1 aliphatic carbocycles. The number of hydrogen-bond donors (Lipinski definition) is 0. The third-order valence-corrected chi connectivity index (χ3v) is 4.33. The topological polar surface area (TPSA) is 74.1 Å². The Kier molecular flexibility index (Phi) is 3.86. The van der Waals surface area contributed by atoms with E-state index in [1.807, 2.05) is 30.3 Å². The van der Waals surface area contributed by atoms with Gasteiger partial charge in [0.05, 0.1) is 6.61 Å². The lowest BCUT2D eigenvalue weighted by Crippen LogP contribution is -2.11. The van der Waals surface area contributed by atoms with Gasteiger partial charge in [0, 0.05) is 23.1 Å². The molecule has 1 fully saturated rings. The summed E-state index contributed by atoms with van der Waals surface area (Å²) in [5.41, 5.74) is 0. The van der Waals surface area contributed by atoms with Crippen molar-refractivity contribution >= 4 is 19.7 Å². The molecule has 1 aromatic heterocycles. The number of benzene rings is 1. The zero-order valence-corrected chi connectivity index (χ0v) is 12.7. The van der Waals surface area contributed by atoms with E-state index < -0.39 is 9.05 Å². The molecule has 1 heterocycles. The summed E-state index contributed by atoms with van der Waals surface area (Å²) in [4.78, 5) is 0. The van der Waals surface area contributed by atoms with E-state index in [0.29, 0.717) is 18.9 Å². The van der Waals surface area contributed by atoms with Crippen LogP contribution in [0.15, 0.2) is 35.5 Å². The summed E-state index contributed by atoms with van der Waals surface area (Å²) in [5.74, 6) is 1.35. The highest BCUT2D eigenvalue weighted by Gasteiger charge is 2.33. The van der Waals surface area contributed by atoms with Crippen LogP contribution in [0.2, 0.25) is 0 Å². The van der Waals surface area contributed by atoms with Crippen LogP contribution in [0, 0.1) is 0 Å². The lowest BCUT2D eigenvalue weighted by atomic mass is 10.3. The fourth-order valence-electron chi connectivity index (χ4n) is 2.12. The molecule has 21 heavy (non-hydrogen) atoms. The van der Waals surface area contributed by atoms with Crippen LogP contribution in [0.5, 0.6) is 5.75 Å². The monoisotopic (exact) mass is 327 g/mol. The summed E-state index contributed by atoms with van der Waals surface area (Å²) >= 11 is 0. The van der Waals surface area contributed by atoms with Crippen LogP contribution in [0.1, 0.15) is 24.7 Å². The second-order valence-electron chi connectivity index (χ2n) is 4.85. The Labute approximate surface area is 127 Å². The van der Waals surface area contributed by atoms with Crippen molar-refractivity contribution in [2.45, 2.75) is 30.5 Å². The van der Waals surface area contributed by atoms with Crippen LogP contribution in [0.4, 0.5) is 0 Å².